The fourth-order valence-electron chi connectivity index (χ4n) is 2.70. The van der Waals surface area contributed by atoms with Crippen LogP contribution in [0.25, 0.3) is 0 Å². The average molecular weight is 306 g/mol. The van der Waals surface area contributed by atoms with E-state index in [0.29, 0.717) is 19.1 Å². The molecule has 0 bridgehead atoms. The number of hydrogen-bond donors (Lipinski definition) is 1. The summed E-state index contributed by atoms with van der Waals surface area (Å²) >= 11 is 0. The lowest BCUT2D eigenvalue weighted by atomic mass is 9.97. The number of nitrogens with two attached hydrogens (primary N) is 1. The predicted octanol–water partition coefficient (Wildman–Crippen LogP) is 1.80. The highest BCUT2D eigenvalue weighted by Gasteiger charge is 2.25. The quantitative estimate of drug-likeness (QED) is 0.870. The first-order chi connectivity index (χ1) is 10.6. The summed E-state index contributed by atoms with van der Waals surface area (Å²) in [6, 6.07) is 7.69. The van der Waals surface area contributed by atoms with E-state index < -0.39 is 6.10 Å². The second-order valence-corrected chi connectivity index (χ2v) is 5.81. The lowest BCUT2D eigenvalue weighted by Gasteiger charge is -2.33. The van der Waals surface area contributed by atoms with Crippen molar-refractivity contribution >= 4 is 5.91 Å². The van der Waals surface area contributed by atoms with Gasteiger partial charge in [0.15, 0.2) is 0 Å². The molecule has 0 saturated carbocycles. The molecule has 1 aromatic rings. The highest BCUT2D eigenvalue weighted by molar-refractivity contribution is 5.80. The van der Waals surface area contributed by atoms with Gasteiger partial charge in [0.05, 0.1) is 13.7 Å². The molecule has 1 atom stereocenters. The molecule has 1 fully saturated rings. The molecule has 2 N–H and O–H groups in total. The van der Waals surface area contributed by atoms with Gasteiger partial charge in [0.1, 0.15) is 11.9 Å². The first kappa shape index (κ1) is 16.8. The molecule has 1 saturated heterocycles. The summed E-state index contributed by atoms with van der Waals surface area (Å²) < 4.78 is 10.9. The Labute approximate surface area is 132 Å². The number of methoxy groups -OCH3 is 1. The number of amides is 1. The van der Waals surface area contributed by atoms with Crippen LogP contribution in [0.1, 0.15) is 25.3 Å². The van der Waals surface area contributed by atoms with E-state index in [1.165, 1.54) is 0 Å². The van der Waals surface area contributed by atoms with Gasteiger partial charge in [0.25, 0.3) is 5.91 Å². The van der Waals surface area contributed by atoms with Gasteiger partial charge in [-0.3, -0.25) is 4.79 Å². The van der Waals surface area contributed by atoms with Crippen molar-refractivity contribution in [2.24, 2.45) is 11.7 Å². The highest BCUT2D eigenvalue weighted by Crippen LogP contribution is 2.18. The molecule has 0 spiro atoms. The van der Waals surface area contributed by atoms with E-state index in [4.69, 9.17) is 15.2 Å². The fraction of sp³-hybridized carbons (Fsp3) is 0.588. The molecule has 0 unspecified atom stereocenters. The number of rotatable bonds is 6. The van der Waals surface area contributed by atoms with Crippen LogP contribution in [0, 0.1) is 5.92 Å². The lowest BCUT2D eigenvalue weighted by molar-refractivity contribution is -0.144. The van der Waals surface area contributed by atoms with Crippen LogP contribution < -0.4 is 10.5 Å². The molecule has 1 heterocycles. The maximum absolute atomic E-state index is 12.4. The Morgan fingerprint density at radius 2 is 2.14 bits per heavy atom. The maximum atomic E-state index is 12.4. The standard InChI is InChI=1S/C17H26N2O3/c1-13(17(20)19-8-6-14(11-18)7-9-19)22-12-15-4-3-5-16(10-15)21-2/h3-5,10,13-14H,6-9,11-12,18H2,1-2H3/t13-/m0/s1. The van der Waals surface area contributed by atoms with Crippen LogP contribution in [0.2, 0.25) is 0 Å². The topological polar surface area (TPSA) is 64.8 Å². The number of carbonyl (C=O) groups excluding carboxylic acids is 1. The monoisotopic (exact) mass is 306 g/mol. The minimum Gasteiger partial charge on any atom is -0.497 e. The number of carbonyl (C=O) groups is 1. The van der Waals surface area contributed by atoms with Crippen LogP contribution in [-0.2, 0) is 16.1 Å². The second kappa shape index (κ2) is 8.15. The van der Waals surface area contributed by atoms with E-state index in [1.807, 2.05) is 36.1 Å². The van der Waals surface area contributed by atoms with E-state index in [9.17, 15) is 4.79 Å². The van der Waals surface area contributed by atoms with E-state index >= 15 is 0 Å². The van der Waals surface area contributed by atoms with Gasteiger partial charge in [-0.2, -0.15) is 0 Å². The Morgan fingerprint density at radius 1 is 1.41 bits per heavy atom. The Hall–Kier alpha value is -1.59. The zero-order valence-corrected chi connectivity index (χ0v) is 13.5. The molecule has 5 heteroatoms. The summed E-state index contributed by atoms with van der Waals surface area (Å²) in [6.45, 7) is 4.51. The maximum Gasteiger partial charge on any atom is 0.251 e. The average Bonchev–Trinajstić information content (AvgIpc) is 2.59. The molecule has 22 heavy (non-hydrogen) atoms. The van der Waals surface area contributed by atoms with Crippen molar-refractivity contribution in [2.45, 2.75) is 32.5 Å². The van der Waals surface area contributed by atoms with Gasteiger partial charge in [0, 0.05) is 13.1 Å². The first-order valence-electron chi connectivity index (χ1n) is 7.87. The zero-order valence-electron chi connectivity index (χ0n) is 13.5. The Balaban J connectivity index is 1.81. The normalized spacial score (nSPS) is 17.3. The van der Waals surface area contributed by atoms with Crippen LogP contribution in [0.3, 0.4) is 0 Å². The number of ether oxygens (including phenoxy) is 2. The molecular weight excluding hydrogens is 280 g/mol. The summed E-state index contributed by atoms with van der Waals surface area (Å²) in [7, 11) is 1.64. The van der Waals surface area contributed by atoms with Crippen LogP contribution in [0.5, 0.6) is 5.75 Å². The summed E-state index contributed by atoms with van der Waals surface area (Å²) in [6.07, 6.45) is 1.55. The van der Waals surface area contributed by atoms with Crippen LogP contribution in [0.4, 0.5) is 0 Å². The third kappa shape index (κ3) is 4.45. The number of hydrogen-bond acceptors (Lipinski definition) is 4. The molecule has 0 radical (unpaired) electrons. The van der Waals surface area contributed by atoms with Gasteiger partial charge in [-0.15, -0.1) is 0 Å². The van der Waals surface area contributed by atoms with Gasteiger partial charge >= 0.3 is 0 Å². The number of piperidine rings is 1. The van der Waals surface area contributed by atoms with Crippen molar-refractivity contribution in [1.29, 1.82) is 0 Å². The van der Waals surface area contributed by atoms with E-state index in [2.05, 4.69) is 0 Å². The SMILES string of the molecule is COc1cccc(CO[C@@H](C)C(=O)N2CCC(CN)CC2)c1. The van der Waals surface area contributed by atoms with Crippen molar-refractivity contribution in [2.75, 3.05) is 26.7 Å². The van der Waals surface area contributed by atoms with Gasteiger partial charge in [0.2, 0.25) is 0 Å². The summed E-state index contributed by atoms with van der Waals surface area (Å²) in [5.74, 6) is 1.42. The minimum absolute atomic E-state index is 0.0679. The lowest BCUT2D eigenvalue weighted by Crippen LogP contribution is -2.44. The van der Waals surface area contributed by atoms with Gasteiger partial charge < -0.3 is 20.1 Å². The molecule has 5 nitrogen and oxygen atoms in total. The third-order valence-corrected chi connectivity index (χ3v) is 4.24. The van der Waals surface area contributed by atoms with Gasteiger partial charge in [-0.05, 0) is 49.9 Å². The van der Waals surface area contributed by atoms with Gasteiger partial charge in [-0.1, -0.05) is 12.1 Å². The minimum atomic E-state index is -0.430. The number of likely N-dealkylation sites (tertiary alicyclic amines) is 1. The molecular formula is C17H26N2O3. The van der Waals surface area contributed by atoms with Crippen molar-refractivity contribution in [3.8, 4) is 5.75 Å². The predicted molar refractivity (Wildman–Crippen MR) is 85.6 cm³/mol. The van der Waals surface area contributed by atoms with E-state index in [-0.39, 0.29) is 5.91 Å². The van der Waals surface area contributed by atoms with Crippen molar-refractivity contribution in [1.82, 2.24) is 4.90 Å². The highest BCUT2D eigenvalue weighted by atomic mass is 16.5. The van der Waals surface area contributed by atoms with Crippen LogP contribution >= 0.6 is 0 Å². The third-order valence-electron chi connectivity index (χ3n) is 4.24. The van der Waals surface area contributed by atoms with Crippen molar-refractivity contribution in [3.63, 3.8) is 0 Å². The van der Waals surface area contributed by atoms with E-state index in [0.717, 1.165) is 37.2 Å². The molecule has 1 amide bonds. The summed E-state index contributed by atoms with van der Waals surface area (Å²) in [5, 5.41) is 0. The number of benzene rings is 1. The molecule has 122 valence electrons. The molecule has 0 aliphatic carbocycles. The molecule has 2 rings (SSSR count). The fourth-order valence-corrected chi connectivity index (χ4v) is 2.70. The molecule has 1 aliphatic rings. The van der Waals surface area contributed by atoms with Gasteiger partial charge in [-0.25, -0.2) is 0 Å². The van der Waals surface area contributed by atoms with Crippen LogP contribution in [-0.4, -0.2) is 43.7 Å². The smallest absolute Gasteiger partial charge is 0.251 e. The zero-order chi connectivity index (χ0) is 15.9. The Kier molecular flexibility index (Phi) is 6.21. The second-order valence-electron chi connectivity index (χ2n) is 5.81. The summed E-state index contributed by atoms with van der Waals surface area (Å²) in [5.41, 5.74) is 6.68. The molecule has 1 aromatic carbocycles. The van der Waals surface area contributed by atoms with Crippen LogP contribution in [0.15, 0.2) is 24.3 Å². The largest absolute Gasteiger partial charge is 0.497 e. The number of nitrogens with zero attached hydrogens (tertiary/aromatic N) is 1. The molecule has 1 aliphatic heterocycles. The Morgan fingerprint density at radius 3 is 2.77 bits per heavy atom. The van der Waals surface area contributed by atoms with Crippen molar-refractivity contribution < 1.29 is 14.3 Å². The Bertz CT molecular complexity index is 485. The molecule has 0 aromatic heterocycles. The van der Waals surface area contributed by atoms with Crippen molar-refractivity contribution in [3.05, 3.63) is 29.8 Å². The van der Waals surface area contributed by atoms with E-state index in [1.54, 1.807) is 7.11 Å². The summed E-state index contributed by atoms with van der Waals surface area (Å²) in [4.78, 5) is 14.3. The first-order valence-corrected chi connectivity index (χ1v) is 7.87.